The summed E-state index contributed by atoms with van der Waals surface area (Å²) >= 11 is 1.42. The van der Waals surface area contributed by atoms with E-state index in [9.17, 15) is 14.0 Å². The zero-order chi connectivity index (χ0) is 18.9. The first-order valence-electron chi connectivity index (χ1n) is 8.01. The van der Waals surface area contributed by atoms with Gasteiger partial charge >= 0.3 is 5.97 Å². The lowest BCUT2D eigenvalue weighted by Gasteiger charge is -2.15. The van der Waals surface area contributed by atoms with Gasteiger partial charge in [-0.3, -0.25) is 9.59 Å². The average molecular weight is 377 g/mol. The molecular formula is C19H20FNO4S. The number of benzene rings is 2. The number of hydrogen-bond acceptors (Lipinski definition) is 5. The molecule has 0 aliphatic carbocycles. The van der Waals surface area contributed by atoms with Gasteiger partial charge in [0.25, 0.3) is 5.91 Å². The fourth-order valence-electron chi connectivity index (χ4n) is 2.07. The van der Waals surface area contributed by atoms with E-state index in [1.807, 2.05) is 0 Å². The molecule has 0 heterocycles. The maximum atomic E-state index is 12.8. The van der Waals surface area contributed by atoms with Crippen LogP contribution in [0.25, 0.3) is 0 Å². The molecule has 2 aromatic rings. The summed E-state index contributed by atoms with van der Waals surface area (Å²) in [6.07, 6.45) is -0.780. The Balaban J connectivity index is 1.76. The molecule has 0 aromatic heterocycles. The predicted molar refractivity (Wildman–Crippen MR) is 98.9 cm³/mol. The quantitative estimate of drug-likeness (QED) is 0.559. The summed E-state index contributed by atoms with van der Waals surface area (Å²) in [6.45, 7) is 1.51. The van der Waals surface area contributed by atoms with Crippen LogP contribution in [0.4, 0.5) is 10.1 Å². The van der Waals surface area contributed by atoms with Gasteiger partial charge in [-0.25, -0.2) is 4.39 Å². The second-order valence-electron chi connectivity index (χ2n) is 5.37. The van der Waals surface area contributed by atoms with Crippen LogP contribution >= 0.6 is 11.8 Å². The Morgan fingerprint density at radius 1 is 1.15 bits per heavy atom. The van der Waals surface area contributed by atoms with Crippen molar-refractivity contribution >= 4 is 29.3 Å². The molecule has 7 heteroatoms. The number of carbonyl (C=O) groups is 2. The third-order valence-corrected chi connectivity index (χ3v) is 4.44. The molecule has 138 valence electrons. The van der Waals surface area contributed by atoms with Crippen molar-refractivity contribution < 1.29 is 23.5 Å². The van der Waals surface area contributed by atoms with Gasteiger partial charge in [-0.2, -0.15) is 0 Å². The highest BCUT2D eigenvalue weighted by Gasteiger charge is 2.19. The summed E-state index contributed by atoms with van der Waals surface area (Å²) < 4.78 is 23.1. The smallest absolute Gasteiger partial charge is 0.307 e. The van der Waals surface area contributed by atoms with Crippen LogP contribution in [0, 0.1) is 5.82 Å². The fourth-order valence-corrected chi connectivity index (χ4v) is 2.91. The predicted octanol–water partition coefficient (Wildman–Crippen LogP) is 3.89. The third-order valence-electron chi connectivity index (χ3n) is 3.43. The monoisotopic (exact) mass is 377 g/mol. The van der Waals surface area contributed by atoms with Crippen molar-refractivity contribution in [2.24, 2.45) is 0 Å². The lowest BCUT2D eigenvalue weighted by Crippen LogP contribution is -2.30. The summed E-state index contributed by atoms with van der Waals surface area (Å²) in [6, 6.07) is 13.0. The van der Waals surface area contributed by atoms with E-state index < -0.39 is 18.0 Å². The maximum Gasteiger partial charge on any atom is 0.307 e. The molecule has 0 saturated carbocycles. The van der Waals surface area contributed by atoms with Gasteiger partial charge in [-0.05, 0) is 43.3 Å². The molecule has 5 nitrogen and oxygen atoms in total. The first-order valence-corrected chi connectivity index (χ1v) is 9.00. The van der Waals surface area contributed by atoms with Gasteiger partial charge in [0.15, 0.2) is 6.10 Å². The minimum Gasteiger partial charge on any atom is -0.495 e. The number of hydrogen-bond donors (Lipinski definition) is 1. The van der Waals surface area contributed by atoms with Gasteiger partial charge in [0.05, 0.1) is 19.2 Å². The summed E-state index contributed by atoms with van der Waals surface area (Å²) in [4.78, 5) is 24.9. The lowest BCUT2D eigenvalue weighted by atomic mass is 10.2. The lowest BCUT2D eigenvalue weighted by molar-refractivity contribution is -0.152. The van der Waals surface area contributed by atoms with Crippen LogP contribution in [-0.2, 0) is 14.3 Å². The molecule has 0 radical (unpaired) electrons. The number of amides is 1. The van der Waals surface area contributed by atoms with Crippen molar-refractivity contribution in [1.82, 2.24) is 0 Å². The van der Waals surface area contributed by atoms with Crippen LogP contribution in [-0.4, -0.2) is 30.8 Å². The van der Waals surface area contributed by atoms with Gasteiger partial charge in [0.2, 0.25) is 0 Å². The van der Waals surface area contributed by atoms with E-state index in [2.05, 4.69) is 5.32 Å². The summed E-state index contributed by atoms with van der Waals surface area (Å²) in [5.41, 5.74) is 0.509. The Morgan fingerprint density at radius 2 is 1.85 bits per heavy atom. The van der Waals surface area contributed by atoms with Crippen LogP contribution in [0.15, 0.2) is 53.4 Å². The molecule has 1 N–H and O–H groups in total. The largest absolute Gasteiger partial charge is 0.495 e. The van der Waals surface area contributed by atoms with Crippen molar-refractivity contribution in [3.05, 3.63) is 54.3 Å². The van der Waals surface area contributed by atoms with Gasteiger partial charge < -0.3 is 14.8 Å². The Bertz CT molecular complexity index is 751. The van der Waals surface area contributed by atoms with E-state index in [0.29, 0.717) is 17.2 Å². The van der Waals surface area contributed by atoms with Crippen molar-refractivity contribution in [1.29, 1.82) is 0 Å². The standard InChI is InChI=1S/C19H20FNO4S/c1-13(19(23)21-16-5-3-4-6-17(16)24-2)25-18(22)11-12-26-15-9-7-14(20)8-10-15/h3-10,13H,11-12H2,1-2H3,(H,21,23)/t13-/m0/s1. The number of methoxy groups -OCH3 is 1. The SMILES string of the molecule is COc1ccccc1NC(=O)[C@H](C)OC(=O)CCSc1ccc(F)cc1. The molecule has 0 aliphatic rings. The molecule has 26 heavy (non-hydrogen) atoms. The number of thioether (sulfide) groups is 1. The molecule has 2 rings (SSSR count). The maximum absolute atomic E-state index is 12.8. The Morgan fingerprint density at radius 3 is 2.54 bits per heavy atom. The van der Waals surface area contributed by atoms with E-state index in [-0.39, 0.29) is 12.2 Å². The second kappa shape index (κ2) is 9.82. The normalized spacial score (nSPS) is 11.5. The van der Waals surface area contributed by atoms with Crippen molar-refractivity contribution in [2.75, 3.05) is 18.2 Å². The Labute approximate surface area is 155 Å². The van der Waals surface area contributed by atoms with Crippen molar-refractivity contribution in [3.8, 4) is 5.75 Å². The summed E-state index contributed by atoms with van der Waals surface area (Å²) in [7, 11) is 1.51. The minimum absolute atomic E-state index is 0.147. The first-order chi connectivity index (χ1) is 12.5. The molecule has 0 saturated heterocycles. The molecular weight excluding hydrogens is 357 g/mol. The number of ether oxygens (including phenoxy) is 2. The van der Waals surface area contributed by atoms with Crippen LogP contribution in [0.3, 0.4) is 0 Å². The zero-order valence-corrected chi connectivity index (χ0v) is 15.3. The van der Waals surface area contributed by atoms with Gasteiger partial charge in [-0.15, -0.1) is 11.8 Å². The highest BCUT2D eigenvalue weighted by atomic mass is 32.2. The van der Waals surface area contributed by atoms with E-state index in [0.717, 1.165) is 4.90 Å². The number of para-hydroxylation sites is 2. The second-order valence-corrected chi connectivity index (χ2v) is 6.54. The molecule has 0 bridgehead atoms. The number of carbonyl (C=O) groups excluding carboxylic acids is 2. The van der Waals surface area contributed by atoms with Crippen LogP contribution < -0.4 is 10.1 Å². The topological polar surface area (TPSA) is 64.6 Å². The van der Waals surface area contributed by atoms with Gasteiger partial charge in [0, 0.05) is 10.6 Å². The molecule has 0 spiro atoms. The number of esters is 1. The van der Waals surface area contributed by atoms with Crippen molar-refractivity contribution in [3.63, 3.8) is 0 Å². The van der Waals surface area contributed by atoms with Gasteiger partial charge in [0.1, 0.15) is 11.6 Å². The van der Waals surface area contributed by atoms with Crippen molar-refractivity contribution in [2.45, 2.75) is 24.3 Å². The van der Waals surface area contributed by atoms with E-state index >= 15 is 0 Å². The van der Waals surface area contributed by atoms with Crippen LogP contribution in [0.1, 0.15) is 13.3 Å². The Hall–Kier alpha value is -2.54. The van der Waals surface area contributed by atoms with Crippen LogP contribution in [0.2, 0.25) is 0 Å². The van der Waals surface area contributed by atoms with Gasteiger partial charge in [-0.1, -0.05) is 12.1 Å². The zero-order valence-electron chi connectivity index (χ0n) is 14.5. The molecule has 2 aromatic carbocycles. The molecule has 0 unspecified atom stereocenters. The fraction of sp³-hybridized carbons (Fsp3) is 0.263. The number of nitrogens with one attached hydrogen (secondary N) is 1. The molecule has 0 aliphatic heterocycles. The van der Waals surface area contributed by atoms with E-state index in [1.54, 1.807) is 36.4 Å². The summed E-state index contributed by atoms with van der Waals surface area (Å²) in [5, 5.41) is 2.67. The molecule has 0 fully saturated rings. The third kappa shape index (κ3) is 6.07. The summed E-state index contributed by atoms with van der Waals surface area (Å²) in [5.74, 6) is -0.208. The molecule has 1 amide bonds. The average Bonchev–Trinajstić information content (AvgIpc) is 2.63. The number of halogens is 1. The number of rotatable bonds is 8. The van der Waals surface area contributed by atoms with E-state index in [4.69, 9.17) is 9.47 Å². The highest BCUT2D eigenvalue weighted by molar-refractivity contribution is 7.99. The van der Waals surface area contributed by atoms with Crippen LogP contribution in [0.5, 0.6) is 5.75 Å². The number of anilines is 1. The minimum atomic E-state index is -0.928. The molecule has 1 atom stereocenters. The Kier molecular flexibility index (Phi) is 7.47. The van der Waals surface area contributed by atoms with E-state index in [1.165, 1.54) is 37.9 Å². The highest BCUT2D eigenvalue weighted by Crippen LogP contribution is 2.23. The first kappa shape index (κ1) is 19.8.